The van der Waals surface area contributed by atoms with Crippen LogP contribution in [0.5, 0.6) is 0 Å². The van der Waals surface area contributed by atoms with Crippen LogP contribution >= 0.6 is 11.3 Å². The standard InChI is InChI=1S/C21H17N3O2S/c1-13-5-10-17(22-20(25)19-4-3-11-27-19)12-18(13)15-6-8-16(9-7-15)21-24-23-14(2)26-21/h3-12H,1-2H3,(H,22,25). The van der Waals surface area contributed by atoms with Crippen LogP contribution in [-0.2, 0) is 0 Å². The number of anilines is 1. The highest BCUT2D eigenvalue weighted by Crippen LogP contribution is 2.29. The number of aryl methyl sites for hydroxylation is 2. The van der Waals surface area contributed by atoms with Crippen molar-refractivity contribution in [1.29, 1.82) is 0 Å². The first-order valence-electron chi connectivity index (χ1n) is 8.46. The van der Waals surface area contributed by atoms with Crippen molar-refractivity contribution >= 4 is 22.9 Å². The average molecular weight is 375 g/mol. The van der Waals surface area contributed by atoms with Crippen LogP contribution in [-0.4, -0.2) is 16.1 Å². The Morgan fingerprint density at radius 2 is 1.78 bits per heavy atom. The second-order valence-electron chi connectivity index (χ2n) is 6.16. The van der Waals surface area contributed by atoms with Gasteiger partial charge in [-0.2, -0.15) is 0 Å². The predicted octanol–water partition coefficient (Wildman–Crippen LogP) is 5.33. The normalized spacial score (nSPS) is 10.7. The second kappa shape index (κ2) is 7.17. The van der Waals surface area contributed by atoms with Crippen molar-refractivity contribution in [2.75, 3.05) is 5.32 Å². The molecule has 0 atom stereocenters. The fourth-order valence-corrected chi connectivity index (χ4v) is 3.44. The molecule has 27 heavy (non-hydrogen) atoms. The summed E-state index contributed by atoms with van der Waals surface area (Å²) in [4.78, 5) is 13.0. The van der Waals surface area contributed by atoms with E-state index in [1.807, 2.05) is 60.0 Å². The van der Waals surface area contributed by atoms with Gasteiger partial charge in [0.2, 0.25) is 11.8 Å². The minimum Gasteiger partial charge on any atom is -0.421 e. The molecule has 0 unspecified atom stereocenters. The number of rotatable bonds is 4. The van der Waals surface area contributed by atoms with Crippen molar-refractivity contribution in [1.82, 2.24) is 10.2 Å². The number of carbonyl (C=O) groups is 1. The summed E-state index contributed by atoms with van der Waals surface area (Å²) >= 11 is 1.42. The Morgan fingerprint density at radius 1 is 1.00 bits per heavy atom. The molecule has 1 amide bonds. The third kappa shape index (κ3) is 3.66. The van der Waals surface area contributed by atoms with Gasteiger partial charge in [0.25, 0.3) is 5.91 Å². The second-order valence-corrected chi connectivity index (χ2v) is 7.11. The highest BCUT2D eigenvalue weighted by Gasteiger charge is 2.10. The lowest BCUT2D eigenvalue weighted by Crippen LogP contribution is -2.10. The van der Waals surface area contributed by atoms with Crippen LogP contribution in [0.3, 0.4) is 0 Å². The summed E-state index contributed by atoms with van der Waals surface area (Å²) in [5, 5.41) is 12.8. The van der Waals surface area contributed by atoms with Gasteiger partial charge in [-0.05, 0) is 59.3 Å². The third-order valence-electron chi connectivity index (χ3n) is 4.21. The van der Waals surface area contributed by atoms with E-state index in [2.05, 4.69) is 22.4 Å². The topological polar surface area (TPSA) is 68.0 Å². The molecule has 0 saturated carbocycles. The molecule has 0 aliphatic heterocycles. The highest BCUT2D eigenvalue weighted by molar-refractivity contribution is 7.12. The van der Waals surface area contributed by atoms with Crippen LogP contribution in [0.1, 0.15) is 21.1 Å². The molecule has 1 N–H and O–H groups in total. The van der Waals surface area contributed by atoms with Crippen molar-refractivity contribution in [2.45, 2.75) is 13.8 Å². The Balaban J connectivity index is 1.60. The number of hydrogen-bond acceptors (Lipinski definition) is 5. The van der Waals surface area contributed by atoms with Crippen LogP contribution in [0.4, 0.5) is 5.69 Å². The minimum atomic E-state index is -0.0954. The van der Waals surface area contributed by atoms with Crippen molar-refractivity contribution in [2.24, 2.45) is 0 Å². The molecular formula is C21H17N3O2S. The van der Waals surface area contributed by atoms with Crippen molar-refractivity contribution in [3.63, 3.8) is 0 Å². The molecule has 0 fully saturated rings. The Kier molecular flexibility index (Phi) is 4.56. The van der Waals surface area contributed by atoms with Gasteiger partial charge in [0.05, 0.1) is 4.88 Å². The molecule has 0 spiro atoms. The number of nitrogens with zero attached hydrogens (tertiary/aromatic N) is 2. The number of aromatic nitrogens is 2. The molecule has 6 heteroatoms. The van der Waals surface area contributed by atoms with Crippen molar-refractivity contribution in [3.05, 3.63) is 76.3 Å². The zero-order valence-corrected chi connectivity index (χ0v) is 15.7. The van der Waals surface area contributed by atoms with E-state index in [9.17, 15) is 4.79 Å². The van der Waals surface area contributed by atoms with E-state index in [1.54, 1.807) is 6.92 Å². The largest absolute Gasteiger partial charge is 0.421 e. The molecule has 4 rings (SSSR count). The summed E-state index contributed by atoms with van der Waals surface area (Å²) in [7, 11) is 0. The molecule has 2 aromatic heterocycles. The first-order chi connectivity index (χ1) is 13.1. The van der Waals surface area contributed by atoms with Gasteiger partial charge in [-0.1, -0.05) is 24.3 Å². The minimum absolute atomic E-state index is 0.0954. The van der Waals surface area contributed by atoms with Gasteiger partial charge >= 0.3 is 0 Å². The molecule has 0 aliphatic carbocycles. The fourth-order valence-electron chi connectivity index (χ4n) is 2.82. The Morgan fingerprint density at radius 3 is 2.44 bits per heavy atom. The molecule has 0 bridgehead atoms. The summed E-state index contributed by atoms with van der Waals surface area (Å²) in [6.45, 7) is 3.82. The van der Waals surface area contributed by atoms with Crippen LogP contribution in [0.25, 0.3) is 22.6 Å². The first-order valence-corrected chi connectivity index (χ1v) is 9.34. The molecule has 0 aliphatic rings. The van der Waals surface area contributed by atoms with Gasteiger partial charge in [-0.3, -0.25) is 4.79 Å². The van der Waals surface area contributed by atoms with Crippen molar-refractivity contribution < 1.29 is 9.21 Å². The zero-order chi connectivity index (χ0) is 18.8. The molecule has 4 aromatic rings. The Bertz CT molecular complexity index is 1080. The van der Waals surface area contributed by atoms with Crippen LogP contribution < -0.4 is 5.32 Å². The van der Waals surface area contributed by atoms with Gasteiger partial charge in [-0.15, -0.1) is 21.5 Å². The number of nitrogens with one attached hydrogen (secondary N) is 1. The summed E-state index contributed by atoms with van der Waals surface area (Å²) in [5.74, 6) is 0.953. The maximum absolute atomic E-state index is 12.3. The highest BCUT2D eigenvalue weighted by atomic mass is 32.1. The number of carbonyl (C=O) groups excluding carboxylic acids is 1. The molecule has 0 radical (unpaired) electrons. The first kappa shape index (κ1) is 17.2. The number of thiophene rings is 1. The van der Waals surface area contributed by atoms with E-state index in [0.717, 1.165) is 27.9 Å². The Hall–Kier alpha value is -3.25. The SMILES string of the molecule is Cc1nnc(-c2ccc(-c3cc(NC(=O)c4cccs4)ccc3C)cc2)o1. The maximum Gasteiger partial charge on any atom is 0.265 e. The third-order valence-corrected chi connectivity index (χ3v) is 5.08. The lowest BCUT2D eigenvalue weighted by Gasteiger charge is -2.10. The van der Waals surface area contributed by atoms with Crippen LogP contribution in [0.2, 0.25) is 0 Å². The monoisotopic (exact) mass is 375 g/mol. The van der Waals surface area contributed by atoms with E-state index in [4.69, 9.17) is 4.42 Å². The summed E-state index contributed by atoms with van der Waals surface area (Å²) in [6.07, 6.45) is 0. The van der Waals surface area contributed by atoms with Crippen LogP contribution in [0.15, 0.2) is 64.4 Å². The lowest BCUT2D eigenvalue weighted by atomic mass is 9.98. The van der Waals surface area contributed by atoms with E-state index in [-0.39, 0.29) is 5.91 Å². The summed E-state index contributed by atoms with van der Waals surface area (Å²) in [5.41, 5.74) is 4.89. The zero-order valence-electron chi connectivity index (χ0n) is 14.9. The van der Waals surface area contributed by atoms with E-state index in [1.165, 1.54) is 11.3 Å². The number of benzene rings is 2. The molecule has 134 valence electrons. The number of amides is 1. The van der Waals surface area contributed by atoms with E-state index < -0.39 is 0 Å². The van der Waals surface area contributed by atoms with Gasteiger partial charge < -0.3 is 9.73 Å². The molecular weight excluding hydrogens is 358 g/mol. The van der Waals surface area contributed by atoms with E-state index >= 15 is 0 Å². The van der Waals surface area contributed by atoms with E-state index in [0.29, 0.717) is 16.7 Å². The Labute approximate surface area is 160 Å². The number of hydrogen-bond donors (Lipinski definition) is 1. The molecule has 2 aromatic carbocycles. The van der Waals surface area contributed by atoms with Gasteiger partial charge in [0.15, 0.2) is 0 Å². The summed E-state index contributed by atoms with van der Waals surface area (Å²) in [6, 6.07) is 17.5. The fraction of sp³-hybridized carbons (Fsp3) is 0.0952. The average Bonchev–Trinajstić information content (AvgIpc) is 3.35. The quantitative estimate of drug-likeness (QED) is 0.523. The van der Waals surface area contributed by atoms with Gasteiger partial charge in [0.1, 0.15) is 0 Å². The molecule has 2 heterocycles. The predicted molar refractivity (Wildman–Crippen MR) is 107 cm³/mol. The lowest BCUT2D eigenvalue weighted by molar-refractivity contribution is 0.103. The van der Waals surface area contributed by atoms with Gasteiger partial charge in [-0.25, -0.2) is 0 Å². The van der Waals surface area contributed by atoms with Crippen molar-refractivity contribution in [3.8, 4) is 22.6 Å². The van der Waals surface area contributed by atoms with Crippen LogP contribution in [0, 0.1) is 13.8 Å². The maximum atomic E-state index is 12.3. The molecule has 5 nitrogen and oxygen atoms in total. The smallest absolute Gasteiger partial charge is 0.265 e. The summed E-state index contributed by atoms with van der Waals surface area (Å²) < 4.78 is 5.47. The van der Waals surface area contributed by atoms with Gasteiger partial charge in [0, 0.05) is 18.2 Å². The molecule has 0 saturated heterocycles.